The number of fused-ring (bicyclic) bond motifs is 2. The van der Waals surface area contributed by atoms with Gasteiger partial charge >= 0.3 is 6.09 Å². The van der Waals surface area contributed by atoms with Gasteiger partial charge in [-0.2, -0.15) is 13.1 Å². The molecule has 2 aliphatic heterocycles. The Morgan fingerprint density at radius 3 is 2.40 bits per heavy atom. The summed E-state index contributed by atoms with van der Waals surface area (Å²) in [4.78, 5) is 35.8. The fourth-order valence-corrected chi connectivity index (χ4v) is 8.93. The first-order valence-corrected chi connectivity index (χ1v) is 19.3. The Bertz CT molecular complexity index is 1970. The van der Waals surface area contributed by atoms with Crippen LogP contribution in [0.2, 0.25) is 5.02 Å². The Balaban J connectivity index is 1.44. The summed E-state index contributed by atoms with van der Waals surface area (Å²) in [5.74, 6) is -5.43. The van der Waals surface area contributed by atoms with Gasteiger partial charge in [-0.3, -0.25) is 9.78 Å². The number of amides is 1. The zero-order valence-corrected chi connectivity index (χ0v) is 31.5. The first-order chi connectivity index (χ1) is 24.9. The molecule has 3 heterocycles. The molecule has 0 radical (unpaired) electrons. The van der Waals surface area contributed by atoms with Gasteiger partial charge in [-0.05, 0) is 98.5 Å². The molecule has 1 aromatic heterocycles. The number of nitrogens with zero attached hydrogens (tertiary/aromatic N) is 6. The summed E-state index contributed by atoms with van der Waals surface area (Å²) in [6, 6.07) is 10.8. The number of Topliss-reactive ketones (excluding diaryl/α,β-unsaturated/α-hetero) is 1. The van der Waals surface area contributed by atoms with Crippen molar-refractivity contribution in [2.45, 2.75) is 95.4 Å². The zero-order chi connectivity index (χ0) is 38.7. The third-order valence-corrected chi connectivity index (χ3v) is 11.7. The van der Waals surface area contributed by atoms with Crippen LogP contribution in [0.4, 0.5) is 18.0 Å². The van der Waals surface area contributed by atoms with Gasteiger partial charge in [0.1, 0.15) is 28.9 Å². The lowest BCUT2D eigenvalue weighted by Gasteiger charge is -2.44. The number of sulfonamides is 1. The van der Waals surface area contributed by atoms with Crippen molar-refractivity contribution in [3.63, 3.8) is 0 Å². The highest BCUT2D eigenvalue weighted by atomic mass is 35.5. The number of ketones is 1. The minimum absolute atomic E-state index is 0.0300. The van der Waals surface area contributed by atoms with E-state index < -0.39 is 62.9 Å². The molecule has 3 aromatic rings. The number of piperazine rings is 1. The Kier molecular flexibility index (Phi) is 12.1. The Morgan fingerprint density at radius 2 is 1.77 bits per heavy atom. The van der Waals surface area contributed by atoms with E-state index >= 15 is 4.39 Å². The second-order valence-electron chi connectivity index (χ2n) is 14.6. The van der Waals surface area contributed by atoms with Crippen LogP contribution in [0.1, 0.15) is 80.8 Å². The Hall–Kier alpha value is -4.17. The van der Waals surface area contributed by atoms with Crippen molar-refractivity contribution in [2.24, 2.45) is 5.11 Å². The minimum atomic E-state index is -3.66. The molecule has 2 fully saturated rings. The van der Waals surface area contributed by atoms with Crippen LogP contribution >= 0.6 is 11.6 Å². The van der Waals surface area contributed by atoms with Crippen LogP contribution in [0, 0.1) is 5.82 Å². The van der Waals surface area contributed by atoms with Crippen molar-refractivity contribution < 1.29 is 35.9 Å². The highest BCUT2D eigenvalue weighted by molar-refractivity contribution is 7.89. The quantitative estimate of drug-likeness (QED) is 0.110. The maximum Gasteiger partial charge on any atom is 0.410 e. The summed E-state index contributed by atoms with van der Waals surface area (Å²) in [7, 11) is -3.66. The number of benzene rings is 2. The molecule has 2 bridgehead atoms. The maximum absolute atomic E-state index is 15.6. The molecule has 0 aliphatic carbocycles. The highest BCUT2D eigenvalue weighted by Crippen LogP contribution is 2.35. The van der Waals surface area contributed by atoms with Gasteiger partial charge in [0.2, 0.25) is 10.0 Å². The molecular formula is C37H42ClF3N6O5S. The van der Waals surface area contributed by atoms with Gasteiger partial charge in [-0.1, -0.05) is 47.0 Å². The average molecular weight is 775 g/mol. The number of rotatable bonds is 11. The van der Waals surface area contributed by atoms with Gasteiger partial charge in [-0.25, -0.2) is 17.6 Å². The highest BCUT2D eigenvalue weighted by Gasteiger charge is 2.44. The van der Waals surface area contributed by atoms with Gasteiger partial charge in [0.05, 0.1) is 5.75 Å². The maximum atomic E-state index is 15.6. The molecule has 2 saturated heterocycles. The molecule has 5 rings (SSSR count). The van der Waals surface area contributed by atoms with Gasteiger partial charge in [0.25, 0.3) is 5.92 Å². The minimum Gasteiger partial charge on any atom is -0.444 e. The number of aromatic nitrogens is 1. The van der Waals surface area contributed by atoms with Crippen LogP contribution in [0.5, 0.6) is 0 Å². The number of azide groups is 1. The number of ether oxygens (including phenoxy) is 1. The summed E-state index contributed by atoms with van der Waals surface area (Å²) < 4.78 is 77.4. The van der Waals surface area contributed by atoms with Crippen molar-refractivity contribution in [3.8, 4) is 0 Å². The first kappa shape index (κ1) is 40.0. The molecule has 1 amide bonds. The topological polar surface area (TPSA) is 146 Å². The van der Waals surface area contributed by atoms with Crippen molar-refractivity contribution in [1.29, 1.82) is 0 Å². The fourth-order valence-electron chi connectivity index (χ4n) is 7.01. The van der Waals surface area contributed by atoms with Crippen molar-refractivity contribution >= 4 is 33.5 Å². The predicted molar refractivity (Wildman–Crippen MR) is 194 cm³/mol. The van der Waals surface area contributed by atoms with E-state index in [0.717, 1.165) is 6.07 Å². The van der Waals surface area contributed by atoms with E-state index in [1.807, 2.05) is 0 Å². The normalized spacial score (nSPS) is 21.1. The third kappa shape index (κ3) is 9.69. The number of alkyl halides is 2. The second-order valence-corrected chi connectivity index (χ2v) is 17.0. The van der Waals surface area contributed by atoms with E-state index in [2.05, 4.69) is 15.0 Å². The molecule has 53 heavy (non-hydrogen) atoms. The summed E-state index contributed by atoms with van der Waals surface area (Å²) in [6.45, 7) is 6.12. The van der Waals surface area contributed by atoms with Crippen LogP contribution in [-0.2, 0) is 38.3 Å². The lowest BCUT2D eigenvalue weighted by molar-refractivity contribution is -0.119. The molecule has 0 spiro atoms. The lowest BCUT2D eigenvalue weighted by Crippen LogP contribution is -2.60. The van der Waals surface area contributed by atoms with Crippen LogP contribution in [0.3, 0.4) is 0 Å². The molecule has 5 atom stereocenters. The number of carbonyl (C=O) groups is 2. The summed E-state index contributed by atoms with van der Waals surface area (Å²) in [5, 5.41) is 4.25. The molecule has 0 saturated carbocycles. The molecule has 0 N–H and O–H groups in total. The van der Waals surface area contributed by atoms with Crippen LogP contribution in [0.25, 0.3) is 10.4 Å². The predicted octanol–water partition coefficient (Wildman–Crippen LogP) is 7.95. The molecule has 284 valence electrons. The fraction of sp³-hybridized carbons (Fsp3) is 0.486. The molecule has 16 heteroatoms. The van der Waals surface area contributed by atoms with Crippen molar-refractivity contribution in [3.05, 3.63) is 110 Å². The van der Waals surface area contributed by atoms with E-state index in [-0.39, 0.29) is 49.7 Å². The number of carbonyl (C=O) groups excluding carboxylic acids is 2. The second kappa shape index (κ2) is 16.1. The Morgan fingerprint density at radius 1 is 1.08 bits per heavy atom. The average Bonchev–Trinajstić information content (AvgIpc) is 3.20. The van der Waals surface area contributed by atoms with Crippen molar-refractivity contribution in [2.75, 3.05) is 18.8 Å². The van der Waals surface area contributed by atoms with Crippen LogP contribution in [0.15, 0.2) is 65.9 Å². The standard InChI is InChI=1S/C37H42ClF3N6O5S/c1-36(2,3)52-35(49)46-21-28(47-22-27(46)8-6-18-53(47,50)51)15-16-29-24(7-5-9-30(29)39)19-31(48)34(44-45-42)33(23-10-13-26(38)14-11-23)25-12-17-32(43-20-25)37(4,40)41/h5,7,9-14,17,20,27-28,33-34H,6,8,15-16,18-19,21-22H2,1-4H3/t27-,28+,33+,34-/m1/s1. The van der Waals surface area contributed by atoms with E-state index in [1.165, 1.54) is 28.7 Å². The monoisotopic (exact) mass is 774 g/mol. The smallest absolute Gasteiger partial charge is 0.410 e. The first-order valence-electron chi connectivity index (χ1n) is 17.3. The summed E-state index contributed by atoms with van der Waals surface area (Å²) >= 11 is 6.12. The van der Waals surface area contributed by atoms with Gasteiger partial charge in [0.15, 0.2) is 0 Å². The number of hydrogen-bond donors (Lipinski definition) is 0. The van der Waals surface area contributed by atoms with Gasteiger partial charge in [-0.15, -0.1) is 0 Å². The van der Waals surface area contributed by atoms with E-state index in [4.69, 9.17) is 16.3 Å². The number of halogens is 4. The van der Waals surface area contributed by atoms with Crippen LogP contribution < -0.4 is 0 Å². The van der Waals surface area contributed by atoms with E-state index in [0.29, 0.717) is 41.5 Å². The molecule has 2 aromatic carbocycles. The van der Waals surface area contributed by atoms with Gasteiger partial charge < -0.3 is 9.64 Å². The Labute approximate surface area is 312 Å². The SMILES string of the molecule is CC(C)(C)OC(=O)N1C[C@H](CCc2c(F)cccc2CC(=O)[C@@H](N=[N+]=[N-])[C@@H](c2ccc(Cl)cc2)c2ccc(C(C)(F)F)nc2)N2C[C@H]1CCCS2(=O)=O. The van der Waals surface area contributed by atoms with E-state index in [9.17, 15) is 32.3 Å². The summed E-state index contributed by atoms with van der Waals surface area (Å²) in [6.07, 6.45) is 1.34. The van der Waals surface area contributed by atoms with Gasteiger partial charge in [0, 0.05) is 60.6 Å². The lowest BCUT2D eigenvalue weighted by atomic mass is 9.82. The molecular weight excluding hydrogens is 733 g/mol. The zero-order valence-electron chi connectivity index (χ0n) is 29.9. The van der Waals surface area contributed by atoms with Crippen LogP contribution in [-0.4, -0.2) is 77.1 Å². The third-order valence-electron chi connectivity index (χ3n) is 9.53. The van der Waals surface area contributed by atoms with Crippen molar-refractivity contribution in [1.82, 2.24) is 14.2 Å². The molecule has 2 aliphatic rings. The van der Waals surface area contributed by atoms with E-state index in [1.54, 1.807) is 56.0 Å². The number of hydrogen-bond acceptors (Lipinski definition) is 7. The largest absolute Gasteiger partial charge is 0.444 e. The molecule has 1 unspecified atom stereocenters. The molecule has 11 nitrogen and oxygen atoms in total. The number of pyridine rings is 1. The summed E-state index contributed by atoms with van der Waals surface area (Å²) in [5.41, 5.74) is 9.66.